The van der Waals surface area contributed by atoms with Gasteiger partial charge in [0, 0.05) is 23.6 Å². The Kier molecular flexibility index (Phi) is 4.17. The second kappa shape index (κ2) is 6.64. The highest BCUT2D eigenvalue weighted by Gasteiger charge is 2.14. The highest BCUT2D eigenvalue weighted by atomic mass is 15.1. The van der Waals surface area contributed by atoms with Crippen molar-refractivity contribution in [3.8, 4) is 11.3 Å². The van der Waals surface area contributed by atoms with Crippen LogP contribution in [0.5, 0.6) is 0 Å². The van der Waals surface area contributed by atoms with Gasteiger partial charge in [0.15, 0.2) is 5.65 Å². The summed E-state index contributed by atoms with van der Waals surface area (Å²) in [6.07, 6.45) is 5.50. The Hall–Kier alpha value is -3.14. The van der Waals surface area contributed by atoms with Gasteiger partial charge in [0.25, 0.3) is 0 Å². The van der Waals surface area contributed by atoms with Crippen molar-refractivity contribution >= 4 is 17.2 Å². The van der Waals surface area contributed by atoms with E-state index >= 15 is 0 Å². The van der Waals surface area contributed by atoms with Crippen LogP contribution in [-0.2, 0) is 0 Å². The summed E-state index contributed by atoms with van der Waals surface area (Å²) in [6.45, 7) is 6.50. The summed E-state index contributed by atoms with van der Waals surface area (Å²) in [6, 6.07) is 17.0. The number of benzene rings is 2. The normalized spacial score (nSPS) is 11.2. The molecular weight excluding hydrogens is 320 g/mol. The van der Waals surface area contributed by atoms with E-state index in [1.807, 2.05) is 10.6 Å². The number of anilines is 2. The van der Waals surface area contributed by atoms with Crippen molar-refractivity contribution < 1.29 is 0 Å². The minimum Gasteiger partial charge on any atom is -0.339 e. The quantitative estimate of drug-likeness (QED) is 0.527. The fourth-order valence-corrected chi connectivity index (χ4v) is 3.03. The smallest absolute Gasteiger partial charge is 0.157 e. The molecule has 0 radical (unpaired) electrons. The van der Waals surface area contributed by atoms with Crippen LogP contribution in [0.4, 0.5) is 11.5 Å². The van der Waals surface area contributed by atoms with Crippen LogP contribution in [0.2, 0.25) is 0 Å². The number of imidazole rings is 1. The Balaban J connectivity index is 1.79. The summed E-state index contributed by atoms with van der Waals surface area (Å²) in [5, 5.41) is 3.55. The Labute approximate surface area is 153 Å². The van der Waals surface area contributed by atoms with Crippen molar-refractivity contribution in [3.63, 3.8) is 0 Å². The number of hydrogen-bond acceptors (Lipinski definition) is 3. The maximum Gasteiger partial charge on any atom is 0.157 e. The molecule has 0 amide bonds. The van der Waals surface area contributed by atoms with Crippen molar-refractivity contribution in [1.82, 2.24) is 14.4 Å². The van der Waals surface area contributed by atoms with E-state index in [-0.39, 0.29) is 0 Å². The summed E-state index contributed by atoms with van der Waals surface area (Å²) in [4.78, 5) is 8.99. The first-order valence-corrected chi connectivity index (χ1v) is 8.88. The zero-order chi connectivity index (χ0) is 18.1. The second-order valence-electron chi connectivity index (χ2n) is 6.88. The Morgan fingerprint density at radius 1 is 0.962 bits per heavy atom. The molecule has 0 saturated carbocycles. The van der Waals surface area contributed by atoms with Crippen LogP contribution in [0.3, 0.4) is 0 Å². The van der Waals surface area contributed by atoms with E-state index in [1.54, 1.807) is 12.4 Å². The van der Waals surface area contributed by atoms with Crippen LogP contribution in [0, 0.1) is 6.92 Å². The maximum absolute atomic E-state index is 4.79. The maximum atomic E-state index is 4.79. The third-order valence-corrected chi connectivity index (χ3v) is 4.60. The lowest BCUT2D eigenvalue weighted by Crippen LogP contribution is -1.97. The third-order valence-electron chi connectivity index (χ3n) is 4.60. The number of rotatable bonds is 4. The molecule has 4 aromatic rings. The van der Waals surface area contributed by atoms with Crippen LogP contribution in [0.1, 0.15) is 30.9 Å². The number of nitrogens with one attached hydrogen (secondary N) is 1. The van der Waals surface area contributed by atoms with Gasteiger partial charge in [-0.15, -0.1) is 0 Å². The van der Waals surface area contributed by atoms with Gasteiger partial charge in [0.05, 0.1) is 6.20 Å². The molecule has 130 valence electrons. The van der Waals surface area contributed by atoms with E-state index in [4.69, 9.17) is 4.98 Å². The molecule has 0 fully saturated rings. The monoisotopic (exact) mass is 342 g/mol. The number of fused-ring (bicyclic) bond motifs is 1. The van der Waals surface area contributed by atoms with Crippen LogP contribution >= 0.6 is 0 Å². The molecule has 0 aliphatic heterocycles. The van der Waals surface area contributed by atoms with Crippen molar-refractivity contribution in [2.24, 2.45) is 0 Å². The highest BCUT2D eigenvalue weighted by Crippen LogP contribution is 2.31. The lowest BCUT2D eigenvalue weighted by atomic mass is 10.0. The summed E-state index contributed by atoms with van der Waals surface area (Å²) < 4.78 is 2.04. The van der Waals surface area contributed by atoms with Crippen molar-refractivity contribution in [2.75, 3.05) is 5.32 Å². The van der Waals surface area contributed by atoms with Gasteiger partial charge >= 0.3 is 0 Å². The predicted octanol–water partition coefficient (Wildman–Crippen LogP) is 5.57. The summed E-state index contributed by atoms with van der Waals surface area (Å²) in [5.41, 5.74) is 6.44. The standard InChI is InChI=1S/C22H22N4/c1-15(2)17-8-10-19(11-9-17)24-22-21(18-6-4-16(3)5-7-18)25-20-14-23-12-13-26(20)22/h4-15,24H,1-3H3. The molecule has 1 N–H and O–H groups in total. The molecular formula is C22H22N4. The Morgan fingerprint density at radius 3 is 2.38 bits per heavy atom. The minimum absolute atomic E-state index is 0.522. The zero-order valence-corrected chi connectivity index (χ0v) is 15.3. The van der Waals surface area contributed by atoms with Gasteiger partial charge in [-0.05, 0) is 30.5 Å². The summed E-state index contributed by atoms with van der Waals surface area (Å²) in [7, 11) is 0. The molecule has 0 saturated heterocycles. The highest BCUT2D eigenvalue weighted by molar-refractivity contribution is 5.79. The number of hydrogen-bond donors (Lipinski definition) is 1. The van der Waals surface area contributed by atoms with E-state index in [1.165, 1.54) is 11.1 Å². The van der Waals surface area contributed by atoms with E-state index in [9.17, 15) is 0 Å². The van der Waals surface area contributed by atoms with E-state index in [2.05, 4.69) is 79.6 Å². The topological polar surface area (TPSA) is 42.2 Å². The van der Waals surface area contributed by atoms with Crippen molar-refractivity contribution in [3.05, 3.63) is 78.2 Å². The molecule has 0 atom stereocenters. The Morgan fingerprint density at radius 2 is 1.69 bits per heavy atom. The first kappa shape index (κ1) is 16.3. The third kappa shape index (κ3) is 3.06. The van der Waals surface area contributed by atoms with Gasteiger partial charge in [0.1, 0.15) is 11.5 Å². The molecule has 0 spiro atoms. The van der Waals surface area contributed by atoms with E-state index < -0.39 is 0 Å². The van der Waals surface area contributed by atoms with Crippen LogP contribution < -0.4 is 5.32 Å². The number of aromatic nitrogens is 3. The summed E-state index contributed by atoms with van der Waals surface area (Å²) >= 11 is 0. The van der Waals surface area contributed by atoms with Crippen molar-refractivity contribution in [2.45, 2.75) is 26.7 Å². The first-order chi connectivity index (χ1) is 12.6. The lowest BCUT2D eigenvalue weighted by molar-refractivity contribution is 0.867. The number of nitrogens with zero attached hydrogens (tertiary/aromatic N) is 3. The van der Waals surface area contributed by atoms with E-state index in [0.717, 1.165) is 28.4 Å². The van der Waals surface area contributed by atoms with Crippen LogP contribution in [0.25, 0.3) is 16.9 Å². The van der Waals surface area contributed by atoms with Gasteiger partial charge in [-0.3, -0.25) is 9.38 Å². The van der Waals surface area contributed by atoms with Gasteiger partial charge < -0.3 is 5.32 Å². The van der Waals surface area contributed by atoms with Gasteiger partial charge in [-0.25, -0.2) is 4.98 Å². The molecule has 4 rings (SSSR count). The number of aryl methyl sites for hydroxylation is 1. The second-order valence-corrected chi connectivity index (χ2v) is 6.88. The van der Waals surface area contributed by atoms with Gasteiger partial charge in [0.2, 0.25) is 0 Å². The molecule has 2 heterocycles. The first-order valence-electron chi connectivity index (χ1n) is 8.88. The fourth-order valence-electron chi connectivity index (χ4n) is 3.03. The SMILES string of the molecule is Cc1ccc(-c2nc3cnccn3c2Nc2ccc(C(C)C)cc2)cc1. The van der Waals surface area contributed by atoms with Gasteiger partial charge in [-0.2, -0.15) is 0 Å². The average Bonchev–Trinajstić information content (AvgIpc) is 3.01. The van der Waals surface area contributed by atoms with Crippen molar-refractivity contribution in [1.29, 1.82) is 0 Å². The lowest BCUT2D eigenvalue weighted by Gasteiger charge is -2.11. The largest absolute Gasteiger partial charge is 0.339 e. The Bertz CT molecular complexity index is 1030. The van der Waals surface area contributed by atoms with Crippen LogP contribution in [-0.4, -0.2) is 14.4 Å². The molecule has 26 heavy (non-hydrogen) atoms. The zero-order valence-electron chi connectivity index (χ0n) is 15.3. The fraction of sp³-hybridized carbons (Fsp3) is 0.182. The van der Waals surface area contributed by atoms with Crippen LogP contribution in [0.15, 0.2) is 67.1 Å². The molecule has 2 aromatic carbocycles. The average molecular weight is 342 g/mol. The molecule has 4 heteroatoms. The predicted molar refractivity (Wildman–Crippen MR) is 107 cm³/mol. The molecule has 0 aliphatic carbocycles. The molecule has 4 nitrogen and oxygen atoms in total. The molecule has 2 aromatic heterocycles. The summed E-state index contributed by atoms with van der Waals surface area (Å²) in [5.74, 6) is 1.47. The van der Waals surface area contributed by atoms with E-state index in [0.29, 0.717) is 5.92 Å². The van der Waals surface area contributed by atoms with Gasteiger partial charge in [-0.1, -0.05) is 55.8 Å². The molecule has 0 aliphatic rings. The molecule has 0 unspecified atom stereocenters. The molecule has 0 bridgehead atoms. The minimum atomic E-state index is 0.522.